The number of hydrogen-bond donors (Lipinski definition) is 1. The van der Waals surface area contributed by atoms with Crippen LogP contribution in [0.4, 0.5) is 0 Å². The quantitative estimate of drug-likeness (QED) is 0.865. The summed E-state index contributed by atoms with van der Waals surface area (Å²) < 4.78 is 11.7. The highest BCUT2D eigenvalue weighted by Gasteiger charge is 2.06. The zero-order valence-corrected chi connectivity index (χ0v) is 10.4. The third-order valence-electron chi connectivity index (χ3n) is 2.08. The van der Waals surface area contributed by atoms with Crippen LogP contribution in [-0.2, 0) is 16.6 Å². The van der Waals surface area contributed by atoms with Crippen molar-refractivity contribution in [2.45, 2.75) is 25.1 Å². The Kier molecular flexibility index (Phi) is 5.29. The van der Waals surface area contributed by atoms with E-state index >= 15 is 0 Å². The average Bonchev–Trinajstić information content (AvgIpc) is 2.18. The summed E-state index contributed by atoms with van der Waals surface area (Å²) in [6.45, 7) is 1.92. The average molecular weight is 246 g/mol. The standard InChI is InChI=1S/C11H16ClNOS/c1-9(13)6-7-15(14)8-10-4-2-3-5-11(10)12/h2-5,9H,6-8,13H2,1H3. The number of benzene rings is 1. The van der Waals surface area contributed by atoms with Crippen LogP contribution in [0.15, 0.2) is 24.3 Å². The number of hydrogen-bond acceptors (Lipinski definition) is 2. The van der Waals surface area contributed by atoms with Gasteiger partial charge in [0.1, 0.15) is 0 Å². The molecular weight excluding hydrogens is 230 g/mol. The fourth-order valence-corrected chi connectivity index (χ4v) is 2.84. The molecule has 0 aliphatic rings. The van der Waals surface area contributed by atoms with Crippen molar-refractivity contribution >= 4 is 22.4 Å². The van der Waals surface area contributed by atoms with E-state index in [0.29, 0.717) is 16.5 Å². The molecular formula is C11H16ClNOS. The predicted octanol–water partition coefficient (Wildman–Crippen LogP) is 2.33. The Hall–Kier alpha value is -0.380. The second-order valence-corrected chi connectivity index (χ2v) is 5.63. The fraction of sp³-hybridized carbons (Fsp3) is 0.455. The van der Waals surface area contributed by atoms with Crippen molar-refractivity contribution in [3.63, 3.8) is 0 Å². The van der Waals surface area contributed by atoms with Gasteiger partial charge in [0.25, 0.3) is 0 Å². The Morgan fingerprint density at radius 3 is 2.73 bits per heavy atom. The monoisotopic (exact) mass is 245 g/mol. The molecule has 2 nitrogen and oxygen atoms in total. The van der Waals surface area contributed by atoms with E-state index < -0.39 is 10.8 Å². The second-order valence-electron chi connectivity index (χ2n) is 3.65. The predicted molar refractivity (Wildman–Crippen MR) is 66.4 cm³/mol. The summed E-state index contributed by atoms with van der Waals surface area (Å²) in [4.78, 5) is 0. The van der Waals surface area contributed by atoms with Gasteiger partial charge in [0.2, 0.25) is 0 Å². The fourth-order valence-electron chi connectivity index (χ4n) is 1.18. The van der Waals surface area contributed by atoms with E-state index in [-0.39, 0.29) is 6.04 Å². The number of rotatable bonds is 5. The van der Waals surface area contributed by atoms with Crippen molar-refractivity contribution in [2.75, 3.05) is 5.75 Å². The van der Waals surface area contributed by atoms with Gasteiger partial charge in [-0.25, -0.2) is 0 Å². The summed E-state index contributed by atoms with van der Waals surface area (Å²) in [7, 11) is -0.866. The highest BCUT2D eigenvalue weighted by Crippen LogP contribution is 2.16. The van der Waals surface area contributed by atoms with Crippen molar-refractivity contribution in [3.8, 4) is 0 Å². The van der Waals surface area contributed by atoms with E-state index in [1.165, 1.54) is 0 Å². The molecule has 15 heavy (non-hydrogen) atoms. The van der Waals surface area contributed by atoms with Gasteiger partial charge in [0, 0.05) is 33.4 Å². The topological polar surface area (TPSA) is 43.1 Å². The Labute approximate surface area is 98.3 Å². The van der Waals surface area contributed by atoms with Crippen molar-refractivity contribution < 1.29 is 4.21 Å². The third kappa shape index (κ3) is 4.78. The van der Waals surface area contributed by atoms with Gasteiger partial charge in [-0.3, -0.25) is 4.21 Å². The summed E-state index contributed by atoms with van der Waals surface area (Å²) in [5, 5.41) is 0.687. The van der Waals surface area contributed by atoms with Crippen LogP contribution in [0, 0.1) is 0 Å². The third-order valence-corrected chi connectivity index (χ3v) is 3.77. The van der Waals surface area contributed by atoms with E-state index in [1.54, 1.807) is 0 Å². The normalized spacial score (nSPS) is 14.9. The molecule has 0 aliphatic heterocycles. The molecule has 1 aromatic carbocycles. The van der Waals surface area contributed by atoms with E-state index in [4.69, 9.17) is 17.3 Å². The molecule has 84 valence electrons. The maximum atomic E-state index is 11.7. The molecule has 0 radical (unpaired) electrons. The minimum Gasteiger partial charge on any atom is -0.328 e. The molecule has 2 unspecified atom stereocenters. The maximum absolute atomic E-state index is 11.7. The van der Waals surface area contributed by atoms with Gasteiger partial charge in [-0.1, -0.05) is 29.8 Å². The SMILES string of the molecule is CC(N)CCS(=O)Cc1ccccc1Cl. The van der Waals surface area contributed by atoms with E-state index in [0.717, 1.165) is 12.0 Å². The Morgan fingerprint density at radius 1 is 1.47 bits per heavy atom. The first kappa shape index (κ1) is 12.7. The van der Waals surface area contributed by atoms with Crippen molar-refractivity contribution in [2.24, 2.45) is 5.73 Å². The minimum atomic E-state index is -0.866. The molecule has 0 saturated carbocycles. The van der Waals surface area contributed by atoms with Crippen LogP contribution in [0.3, 0.4) is 0 Å². The lowest BCUT2D eigenvalue weighted by atomic mass is 10.2. The minimum absolute atomic E-state index is 0.111. The highest BCUT2D eigenvalue weighted by atomic mass is 35.5. The lowest BCUT2D eigenvalue weighted by Crippen LogP contribution is -2.18. The van der Waals surface area contributed by atoms with Crippen LogP contribution in [0.1, 0.15) is 18.9 Å². The van der Waals surface area contributed by atoms with Crippen LogP contribution < -0.4 is 5.73 Å². The Morgan fingerprint density at radius 2 is 2.13 bits per heavy atom. The molecule has 2 N–H and O–H groups in total. The molecule has 1 aromatic rings. The van der Waals surface area contributed by atoms with Crippen LogP contribution in [0.2, 0.25) is 5.02 Å². The molecule has 0 bridgehead atoms. The van der Waals surface area contributed by atoms with Crippen molar-refractivity contribution in [3.05, 3.63) is 34.9 Å². The molecule has 0 fully saturated rings. The van der Waals surface area contributed by atoms with Crippen molar-refractivity contribution in [1.29, 1.82) is 0 Å². The molecule has 1 rings (SSSR count). The molecule has 0 aromatic heterocycles. The van der Waals surface area contributed by atoms with Gasteiger partial charge in [0.05, 0.1) is 0 Å². The lowest BCUT2D eigenvalue weighted by molar-refractivity contribution is 0.667. The van der Waals surface area contributed by atoms with Gasteiger partial charge in [-0.15, -0.1) is 0 Å². The summed E-state index contributed by atoms with van der Waals surface area (Å²) >= 11 is 5.97. The lowest BCUT2D eigenvalue weighted by Gasteiger charge is -2.06. The Bertz CT molecular complexity index is 341. The summed E-state index contributed by atoms with van der Waals surface area (Å²) in [5.74, 6) is 1.16. The van der Waals surface area contributed by atoms with Gasteiger partial charge in [-0.05, 0) is 25.0 Å². The van der Waals surface area contributed by atoms with Gasteiger partial charge < -0.3 is 5.73 Å². The molecule has 0 aliphatic carbocycles. The van der Waals surface area contributed by atoms with Crippen LogP contribution in [-0.4, -0.2) is 16.0 Å². The van der Waals surface area contributed by atoms with E-state index in [9.17, 15) is 4.21 Å². The zero-order chi connectivity index (χ0) is 11.3. The molecule has 4 heteroatoms. The number of halogens is 1. The summed E-state index contributed by atoms with van der Waals surface area (Å²) in [6, 6.07) is 7.62. The zero-order valence-electron chi connectivity index (χ0n) is 8.78. The number of nitrogens with two attached hydrogens (primary N) is 1. The first-order valence-electron chi connectivity index (χ1n) is 4.93. The smallest absolute Gasteiger partial charge is 0.0500 e. The second kappa shape index (κ2) is 6.26. The van der Waals surface area contributed by atoms with Crippen LogP contribution in [0.5, 0.6) is 0 Å². The van der Waals surface area contributed by atoms with Crippen LogP contribution >= 0.6 is 11.6 Å². The molecule has 0 heterocycles. The largest absolute Gasteiger partial charge is 0.328 e. The summed E-state index contributed by atoms with van der Waals surface area (Å²) in [6.07, 6.45) is 0.789. The first-order valence-corrected chi connectivity index (χ1v) is 6.80. The molecule has 0 spiro atoms. The first-order chi connectivity index (χ1) is 7.09. The van der Waals surface area contributed by atoms with Gasteiger partial charge in [-0.2, -0.15) is 0 Å². The van der Waals surface area contributed by atoms with Crippen molar-refractivity contribution in [1.82, 2.24) is 0 Å². The van der Waals surface area contributed by atoms with Crippen LogP contribution in [0.25, 0.3) is 0 Å². The molecule has 0 saturated heterocycles. The maximum Gasteiger partial charge on any atom is 0.0500 e. The molecule has 2 atom stereocenters. The van der Waals surface area contributed by atoms with Gasteiger partial charge in [0.15, 0.2) is 0 Å². The molecule has 0 amide bonds. The van der Waals surface area contributed by atoms with E-state index in [1.807, 2.05) is 31.2 Å². The Balaban J connectivity index is 2.48. The van der Waals surface area contributed by atoms with E-state index in [2.05, 4.69) is 0 Å². The van der Waals surface area contributed by atoms with Gasteiger partial charge >= 0.3 is 0 Å². The highest BCUT2D eigenvalue weighted by molar-refractivity contribution is 7.84. The summed E-state index contributed by atoms with van der Waals surface area (Å²) in [5.41, 5.74) is 6.55.